The molecule has 0 amide bonds. The number of nitrogens with zero attached hydrogens (tertiary/aromatic N) is 5. The highest BCUT2D eigenvalue weighted by Gasteiger charge is 2.19. The van der Waals surface area contributed by atoms with Crippen molar-refractivity contribution in [2.75, 3.05) is 38.7 Å². The number of hydrogen-bond donors (Lipinski definition) is 1. The smallest absolute Gasteiger partial charge is 0.129 e. The van der Waals surface area contributed by atoms with Crippen molar-refractivity contribution in [1.82, 2.24) is 19.4 Å². The minimum Gasteiger partial charge on any atom is -0.381 e. The SMILES string of the molecule is Cc1c(CN(C)CCNc2cc(C3CCOC3)ncn2)cc(C#N)n1C. The van der Waals surface area contributed by atoms with E-state index < -0.39 is 0 Å². The largest absolute Gasteiger partial charge is 0.381 e. The van der Waals surface area contributed by atoms with Crippen LogP contribution in [0.15, 0.2) is 18.5 Å². The lowest BCUT2D eigenvalue weighted by molar-refractivity contribution is 0.193. The molecule has 2 aromatic rings. The van der Waals surface area contributed by atoms with E-state index >= 15 is 0 Å². The van der Waals surface area contributed by atoms with Crippen molar-refractivity contribution in [2.24, 2.45) is 7.05 Å². The van der Waals surface area contributed by atoms with Crippen molar-refractivity contribution in [1.29, 1.82) is 5.26 Å². The summed E-state index contributed by atoms with van der Waals surface area (Å²) >= 11 is 0. The number of nitrogens with one attached hydrogen (secondary N) is 1. The van der Waals surface area contributed by atoms with E-state index in [1.807, 2.05) is 23.7 Å². The molecule has 1 N–H and O–H groups in total. The fourth-order valence-corrected chi connectivity index (χ4v) is 3.23. The third-order valence-corrected chi connectivity index (χ3v) is 5.03. The van der Waals surface area contributed by atoms with Gasteiger partial charge in [-0.2, -0.15) is 5.26 Å². The molecule has 0 saturated carbocycles. The third kappa shape index (κ3) is 4.21. The van der Waals surface area contributed by atoms with E-state index in [1.165, 1.54) is 5.56 Å². The quantitative estimate of drug-likeness (QED) is 0.820. The first-order valence-corrected chi connectivity index (χ1v) is 8.96. The molecule has 1 aliphatic rings. The maximum atomic E-state index is 9.14. The van der Waals surface area contributed by atoms with Gasteiger partial charge in [-0.05, 0) is 32.0 Å². The van der Waals surface area contributed by atoms with Crippen molar-refractivity contribution in [3.8, 4) is 6.07 Å². The molecule has 0 radical (unpaired) electrons. The summed E-state index contributed by atoms with van der Waals surface area (Å²) in [5, 5.41) is 12.5. The van der Waals surface area contributed by atoms with Crippen LogP contribution in [0.3, 0.4) is 0 Å². The van der Waals surface area contributed by atoms with E-state index in [-0.39, 0.29) is 0 Å². The number of ether oxygens (including phenoxy) is 1. The van der Waals surface area contributed by atoms with E-state index in [0.717, 1.165) is 56.5 Å². The van der Waals surface area contributed by atoms with Crippen LogP contribution in [-0.4, -0.2) is 52.8 Å². The minimum absolute atomic E-state index is 0.386. The number of hydrogen-bond acceptors (Lipinski definition) is 6. The van der Waals surface area contributed by atoms with Crippen LogP contribution >= 0.6 is 0 Å². The van der Waals surface area contributed by atoms with Gasteiger partial charge < -0.3 is 19.5 Å². The van der Waals surface area contributed by atoms with Gasteiger partial charge in [-0.1, -0.05) is 0 Å². The Hall–Kier alpha value is -2.43. The predicted molar refractivity (Wildman–Crippen MR) is 99.9 cm³/mol. The zero-order valence-corrected chi connectivity index (χ0v) is 15.7. The first kappa shape index (κ1) is 18.4. The van der Waals surface area contributed by atoms with E-state index in [2.05, 4.69) is 40.2 Å². The van der Waals surface area contributed by atoms with E-state index in [4.69, 9.17) is 10.00 Å². The summed E-state index contributed by atoms with van der Waals surface area (Å²) in [5.41, 5.74) is 4.09. The zero-order chi connectivity index (χ0) is 18.5. The van der Waals surface area contributed by atoms with E-state index in [9.17, 15) is 0 Å². The number of nitriles is 1. The van der Waals surface area contributed by atoms with Crippen LogP contribution < -0.4 is 5.32 Å². The Labute approximate surface area is 154 Å². The highest BCUT2D eigenvalue weighted by Crippen LogP contribution is 2.24. The molecule has 0 aliphatic carbocycles. The van der Waals surface area contributed by atoms with Gasteiger partial charge in [-0.25, -0.2) is 9.97 Å². The van der Waals surface area contributed by atoms with Gasteiger partial charge in [0.1, 0.15) is 23.9 Å². The van der Waals surface area contributed by atoms with Crippen LogP contribution in [0.4, 0.5) is 5.82 Å². The Morgan fingerprint density at radius 3 is 2.96 bits per heavy atom. The van der Waals surface area contributed by atoms with Crippen LogP contribution in [0, 0.1) is 18.3 Å². The molecule has 1 atom stereocenters. The molecule has 1 aliphatic heterocycles. The summed E-state index contributed by atoms with van der Waals surface area (Å²) in [7, 11) is 4.02. The molecule has 0 bridgehead atoms. The van der Waals surface area contributed by atoms with Gasteiger partial charge in [-0.3, -0.25) is 0 Å². The van der Waals surface area contributed by atoms with Gasteiger partial charge in [-0.15, -0.1) is 0 Å². The van der Waals surface area contributed by atoms with Gasteiger partial charge in [0.2, 0.25) is 0 Å². The summed E-state index contributed by atoms with van der Waals surface area (Å²) in [6.07, 6.45) is 2.65. The van der Waals surface area contributed by atoms with Gasteiger partial charge >= 0.3 is 0 Å². The lowest BCUT2D eigenvalue weighted by Crippen LogP contribution is -2.25. The molecule has 2 aromatic heterocycles. The molecular formula is C19H26N6O. The molecule has 26 heavy (non-hydrogen) atoms. The maximum Gasteiger partial charge on any atom is 0.129 e. The van der Waals surface area contributed by atoms with Gasteiger partial charge in [0.15, 0.2) is 0 Å². The van der Waals surface area contributed by atoms with Crippen molar-refractivity contribution >= 4 is 5.82 Å². The van der Waals surface area contributed by atoms with Crippen LogP contribution in [0.2, 0.25) is 0 Å². The Morgan fingerprint density at radius 1 is 1.42 bits per heavy atom. The van der Waals surface area contributed by atoms with Gasteiger partial charge in [0.25, 0.3) is 0 Å². The lowest BCUT2D eigenvalue weighted by atomic mass is 10.1. The molecule has 1 fully saturated rings. The normalized spacial score (nSPS) is 16.8. The molecule has 7 nitrogen and oxygen atoms in total. The number of rotatable bonds is 7. The number of likely N-dealkylation sites (N-methyl/N-ethyl adjacent to an activating group) is 1. The Kier molecular flexibility index (Phi) is 5.86. The van der Waals surface area contributed by atoms with Crippen molar-refractivity contribution in [2.45, 2.75) is 25.8 Å². The van der Waals surface area contributed by atoms with Gasteiger partial charge in [0.05, 0.1) is 12.3 Å². The van der Waals surface area contributed by atoms with Crippen LogP contribution in [0.25, 0.3) is 0 Å². The summed E-state index contributed by atoms with van der Waals surface area (Å²) < 4.78 is 7.38. The first-order valence-electron chi connectivity index (χ1n) is 8.96. The summed E-state index contributed by atoms with van der Waals surface area (Å²) in [6.45, 7) is 6.11. The van der Waals surface area contributed by atoms with Crippen molar-refractivity contribution in [3.05, 3.63) is 41.1 Å². The standard InChI is InChI=1S/C19H26N6O/c1-14-16(8-17(10-20)25(14)3)11-24(2)6-5-21-19-9-18(22-13-23-19)15-4-7-26-12-15/h8-9,13,15H,4-7,11-12H2,1-3H3,(H,21,22,23). The average Bonchev–Trinajstić information content (AvgIpc) is 3.26. The number of aromatic nitrogens is 3. The molecular weight excluding hydrogens is 328 g/mol. The molecule has 1 unspecified atom stereocenters. The second-order valence-electron chi connectivity index (χ2n) is 6.86. The Bertz CT molecular complexity index is 788. The van der Waals surface area contributed by atoms with Crippen LogP contribution in [0.5, 0.6) is 0 Å². The monoisotopic (exact) mass is 354 g/mol. The summed E-state index contributed by atoms with van der Waals surface area (Å²) in [6, 6.07) is 6.23. The zero-order valence-electron chi connectivity index (χ0n) is 15.7. The molecule has 0 spiro atoms. The molecule has 1 saturated heterocycles. The highest BCUT2D eigenvalue weighted by atomic mass is 16.5. The van der Waals surface area contributed by atoms with Crippen LogP contribution in [-0.2, 0) is 18.3 Å². The maximum absolute atomic E-state index is 9.14. The lowest BCUT2D eigenvalue weighted by Gasteiger charge is -2.17. The molecule has 0 aromatic carbocycles. The Morgan fingerprint density at radius 2 is 2.27 bits per heavy atom. The molecule has 138 valence electrons. The van der Waals surface area contributed by atoms with Crippen LogP contribution in [0.1, 0.15) is 35.0 Å². The fourth-order valence-electron chi connectivity index (χ4n) is 3.23. The fraction of sp³-hybridized carbons (Fsp3) is 0.526. The average molecular weight is 354 g/mol. The van der Waals surface area contributed by atoms with E-state index in [0.29, 0.717) is 11.6 Å². The third-order valence-electron chi connectivity index (χ3n) is 5.03. The Balaban J connectivity index is 1.50. The second kappa shape index (κ2) is 8.30. The first-order chi connectivity index (χ1) is 12.6. The van der Waals surface area contributed by atoms with Gasteiger partial charge in [0, 0.05) is 51.0 Å². The molecule has 3 rings (SSSR count). The molecule has 7 heteroatoms. The van der Waals surface area contributed by atoms with Crippen molar-refractivity contribution < 1.29 is 4.74 Å². The van der Waals surface area contributed by atoms with Crippen molar-refractivity contribution in [3.63, 3.8) is 0 Å². The second-order valence-corrected chi connectivity index (χ2v) is 6.86. The topological polar surface area (TPSA) is 79.0 Å². The number of anilines is 1. The molecule has 3 heterocycles. The highest BCUT2D eigenvalue weighted by molar-refractivity contribution is 5.36. The predicted octanol–water partition coefficient (Wildman–Crippen LogP) is 2.04. The summed E-state index contributed by atoms with van der Waals surface area (Å²) in [5.74, 6) is 1.24. The summed E-state index contributed by atoms with van der Waals surface area (Å²) in [4.78, 5) is 10.9. The van der Waals surface area contributed by atoms with E-state index in [1.54, 1.807) is 6.33 Å². The minimum atomic E-state index is 0.386.